The molecule has 2 aromatic carbocycles. The summed E-state index contributed by atoms with van der Waals surface area (Å²) >= 11 is 0. The summed E-state index contributed by atoms with van der Waals surface area (Å²) in [7, 11) is 1.67. The Labute approximate surface area is 150 Å². The second-order valence-corrected chi connectivity index (χ2v) is 5.89. The van der Waals surface area contributed by atoms with Gasteiger partial charge < -0.3 is 10.1 Å². The normalized spacial score (nSPS) is 12.0. The number of benzene rings is 2. The fourth-order valence-electron chi connectivity index (χ4n) is 3.08. The highest BCUT2D eigenvalue weighted by Crippen LogP contribution is 2.21. The molecule has 1 atom stereocenters. The summed E-state index contributed by atoms with van der Waals surface area (Å²) in [5.74, 6) is 0.907. The summed E-state index contributed by atoms with van der Waals surface area (Å²) < 4.78 is 5.37. The topological polar surface area (TPSA) is 41.6 Å². The maximum absolute atomic E-state index is 12.9. The molecule has 0 heterocycles. The third kappa shape index (κ3) is 5.07. The van der Waals surface area contributed by atoms with Gasteiger partial charge in [0.25, 0.3) is 0 Å². The molecule has 2 rings (SSSR count). The van der Waals surface area contributed by atoms with Crippen molar-refractivity contribution in [3.05, 3.63) is 65.7 Å². The number of para-hydroxylation sites is 1. The highest BCUT2D eigenvalue weighted by Gasteiger charge is 2.25. The highest BCUT2D eigenvalue weighted by atomic mass is 16.5. The molecule has 0 aliphatic carbocycles. The van der Waals surface area contributed by atoms with Crippen LogP contribution in [0.4, 0.5) is 0 Å². The average Bonchev–Trinajstić information content (AvgIpc) is 2.66. The molecule has 1 unspecified atom stereocenters. The lowest BCUT2D eigenvalue weighted by Crippen LogP contribution is -2.41. The number of nitrogens with one attached hydrogen (secondary N) is 1. The van der Waals surface area contributed by atoms with Gasteiger partial charge in [-0.3, -0.25) is 9.69 Å². The van der Waals surface area contributed by atoms with Crippen molar-refractivity contribution in [2.24, 2.45) is 0 Å². The number of rotatable bonds is 9. The molecule has 0 saturated heterocycles. The number of carbonyl (C=O) groups is 1. The van der Waals surface area contributed by atoms with Crippen LogP contribution in [0.2, 0.25) is 0 Å². The van der Waals surface area contributed by atoms with E-state index < -0.39 is 0 Å². The Morgan fingerprint density at radius 3 is 2.32 bits per heavy atom. The van der Waals surface area contributed by atoms with Gasteiger partial charge in [-0.15, -0.1) is 0 Å². The summed E-state index contributed by atoms with van der Waals surface area (Å²) in [5.41, 5.74) is 2.13. The third-order valence-corrected chi connectivity index (χ3v) is 4.43. The molecule has 0 bridgehead atoms. The maximum atomic E-state index is 12.9. The lowest BCUT2D eigenvalue weighted by Gasteiger charge is -2.29. The highest BCUT2D eigenvalue weighted by molar-refractivity contribution is 5.83. The zero-order valence-corrected chi connectivity index (χ0v) is 15.4. The van der Waals surface area contributed by atoms with Crippen molar-refractivity contribution in [3.8, 4) is 5.75 Å². The van der Waals surface area contributed by atoms with E-state index in [0.717, 1.165) is 36.4 Å². The lowest BCUT2D eigenvalue weighted by molar-refractivity contribution is -0.126. The molecule has 2 aromatic rings. The Balaban J connectivity index is 2.04. The molecule has 0 fully saturated rings. The van der Waals surface area contributed by atoms with E-state index in [9.17, 15) is 4.79 Å². The van der Waals surface area contributed by atoms with E-state index in [1.165, 1.54) is 0 Å². The van der Waals surface area contributed by atoms with Gasteiger partial charge in [-0.1, -0.05) is 62.4 Å². The monoisotopic (exact) mass is 340 g/mol. The molecule has 0 aliphatic heterocycles. The van der Waals surface area contributed by atoms with Gasteiger partial charge in [0.05, 0.1) is 7.11 Å². The zero-order valence-electron chi connectivity index (χ0n) is 15.4. The van der Waals surface area contributed by atoms with E-state index >= 15 is 0 Å². The van der Waals surface area contributed by atoms with Crippen molar-refractivity contribution in [1.29, 1.82) is 0 Å². The van der Waals surface area contributed by atoms with Crippen LogP contribution in [0.5, 0.6) is 5.75 Å². The van der Waals surface area contributed by atoms with E-state index in [4.69, 9.17) is 4.74 Å². The van der Waals surface area contributed by atoms with Crippen molar-refractivity contribution in [2.75, 3.05) is 26.7 Å². The van der Waals surface area contributed by atoms with Crippen LogP contribution in [0.15, 0.2) is 54.6 Å². The molecule has 1 N–H and O–H groups in total. The summed E-state index contributed by atoms with van der Waals surface area (Å²) in [4.78, 5) is 15.0. The van der Waals surface area contributed by atoms with E-state index in [0.29, 0.717) is 6.54 Å². The molecule has 0 spiro atoms. The number of ether oxygens (including phenoxy) is 1. The average molecular weight is 340 g/mol. The number of hydrogen-bond acceptors (Lipinski definition) is 3. The summed E-state index contributed by atoms with van der Waals surface area (Å²) in [5, 5.41) is 3.09. The summed E-state index contributed by atoms with van der Waals surface area (Å²) in [6.45, 7) is 6.42. The van der Waals surface area contributed by atoms with Crippen LogP contribution in [0, 0.1) is 0 Å². The zero-order chi connectivity index (χ0) is 18.1. The minimum absolute atomic E-state index is 0.0461. The first-order chi connectivity index (χ1) is 12.2. The fraction of sp³-hybridized carbons (Fsp3) is 0.381. The van der Waals surface area contributed by atoms with Gasteiger partial charge in [-0.25, -0.2) is 0 Å². The van der Waals surface area contributed by atoms with E-state index in [-0.39, 0.29) is 11.9 Å². The van der Waals surface area contributed by atoms with Gasteiger partial charge in [0.15, 0.2) is 0 Å². The Kier molecular flexibility index (Phi) is 7.48. The predicted molar refractivity (Wildman–Crippen MR) is 102 cm³/mol. The molecule has 134 valence electrons. The molecular formula is C21H28N2O2. The Hall–Kier alpha value is -2.33. The number of nitrogens with zero attached hydrogens (tertiary/aromatic N) is 1. The second kappa shape index (κ2) is 9.84. The first kappa shape index (κ1) is 19.0. The van der Waals surface area contributed by atoms with Crippen LogP contribution in [0.3, 0.4) is 0 Å². The second-order valence-electron chi connectivity index (χ2n) is 5.89. The SMILES string of the molecule is CCN(CC)C(C(=O)NCCc1ccccc1OC)c1ccccc1. The number of likely N-dealkylation sites (N-methyl/N-ethyl adjacent to an activating group) is 1. The number of amides is 1. The lowest BCUT2D eigenvalue weighted by atomic mass is 10.0. The first-order valence-electron chi connectivity index (χ1n) is 8.89. The minimum atomic E-state index is -0.256. The quantitative estimate of drug-likeness (QED) is 0.760. The Bertz CT molecular complexity index is 654. The Morgan fingerprint density at radius 1 is 1.04 bits per heavy atom. The summed E-state index contributed by atoms with van der Waals surface area (Å²) in [6, 6.07) is 17.6. The van der Waals surface area contributed by atoms with Crippen molar-refractivity contribution in [3.63, 3.8) is 0 Å². The van der Waals surface area contributed by atoms with Crippen molar-refractivity contribution >= 4 is 5.91 Å². The van der Waals surface area contributed by atoms with Gasteiger partial charge in [-0.2, -0.15) is 0 Å². The Morgan fingerprint density at radius 2 is 1.68 bits per heavy atom. The molecule has 4 heteroatoms. The van der Waals surface area contributed by atoms with Gasteiger partial charge in [-0.05, 0) is 36.7 Å². The first-order valence-corrected chi connectivity index (χ1v) is 8.89. The van der Waals surface area contributed by atoms with Gasteiger partial charge >= 0.3 is 0 Å². The van der Waals surface area contributed by atoms with E-state index in [1.54, 1.807) is 7.11 Å². The number of hydrogen-bond donors (Lipinski definition) is 1. The van der Waals surface area contributed by atoms with E-state index in [2.05, 4.69) is 24.1 Å². The molecule has 1 amide bonds. The van der Waals surface area contributed by atoms with Crippen LogP contribution >= 0.6 is 0 Å². The van der Waals surface area contributed by atoms with Crippen LogP contribution in [-0.2, 0) is 11.2 Å². The molecule has 0 aliphatic rings. The van der Waals surface area contributed by atoms with Gasteiger partial charge in [0.2, 0.25) is 5.91 Å². The van der Waals surface area contributed by atoms with Crippen LogP contribution < -0.4 is 10.1 Å². The maximum Gasteiger partial charge on any atom is 0.241 e. The molecule has 0 saturated carbocycles. The fourth-order valence-corrected chi connectivity index (χ4v) is 3.08. The van der Waals surface area contributed by atoms with Crippen LogP contribution in [0.25, 0.3) is 0 Å². The van der Waals surface area contributed by atoms with Gasteiger partial charge in [0.1, 0.15) is 11.8 Å². The molecule has 0 radical (unpaired) electrons. The predicted octanol–water partition coefficient (Wildman–Crippen LogP) is 3.44. The number of carbonyl (C=O) groups excluding carboxylic acids is 1. The molecular weight excluding hydrogens is 312 g/mol. The van der Waals surface area contributed by atoms with Gasteiger partial charge in [0, 0.05) is 6.54 Å². The smallest absolute Gasteiger partial charge is 0.241 e. The third-order valence-electron chi connectivity index (χ3n) is 4.43. The van der Waals surface area contributed by atoms with E-state index in [1.807, 2.05) is 54.6 Å². The number of methoxy groups -OCH3 is 1. The molecule has 4 nitrogen and oxygen atoms in total. The van der Waals surface area contributed by atoms with Crippen molar-refractivity contribution in [2.45, 2.75) is 26.3 Å². The largest absolute Gasteiger partial charge is 0.496 e. The van der Waals surface area contributed by atoms with Crippen molar-refractivity contribution < 1.29 is 9.53 Å². The minimum Gasteiger partial charge on any atom is -0.496 e. The standard InChI is InChI=1S/C21H28N2O2/c1-4-23(5-2)20(18-12-7-6-8-13-18)21(24)22-16-15-17-11-9-10-14-19(17)25-3/h6-14,20H,4-5,15-16H2,1-3H3,(H,22,24). The summed E-state index contributed by atoms with van der Waals surface area (Å²) in [6.07, 6.45) is 0.746. The van der Waals surface area contributed by atoms with Crippen LogP contribution in [-0.4, -0.2) is 37.6 Å². The molecule has 0 aromatic heterocycles. The van der Waals surface area contributed by atoms with Crippen molar-refractivity contribution in [1.82, 2.24) is 10.2 Å². The van der Waals surface area contributed by atoms with Crippen LogP contribution in [0.1, 0.15) is 31.0 Å². The molecule has 25 heavy (non-hydrogen) atoms.